The van der Waals surface area contributed by atoms with E-state index in [1.807, 2.05) is 20.8 Å². The smallest absolute Gasteiger partial charge is 0.326 e. The van der Waals surface area contributed by atoms with E-state index >= 15 is 0 Å². The van der Waals surface area contributed by atoms with E-state index < -0.39 is 23.5 Å². The summed E-state index contributed by atoms with van der Waals surface area (Å²) in [5, 5.41) is 11.4. The number of ether oxygens (including phenoxy) is 2. The zero-order valence-electron chi connectivity index (χ0n) is 11.5. The zero-order valence-corrected chi connectivity index (χ0v) is 11.5. The van der Waals surface area contributed by atoms with Crippen LogP contribution in [0.4, 0.5) is 0 Å². The molecule has 0 radical (unpaired) electrons. The van der Waals surface area contributed by atoms with Crippen molar-refractivity contribution in [3.05, 3.63) is 0 Å². The Kier molecular flexibility index (Phi) is 7.54. The standard InChI is InChI=1S/C12H23NO5/c1-12(2,3)18-8-10(14)13-9(11(15)16)6-5-7-17-4/h9H,5-8H2,1-4H3,(H,13,14)(H,15,16). The Balaban J connectivity index is 4.08. The summed E-state index contributed by atoms with van der Waals surface area (Å²) in [7, 11) is 1.55. The quantitative estimate of drug-likeness (QED) is 0.631. The summed E-state index contributed by atoms with van der Waals surface area (Å²) in [4.78, 5) is 22.4. The molecule has 0 fully saturated rings. The van der Waals surface area contributed by atoms with Crippen molar-refractivity contribution in [2.24, 2.45) is 0 Å². The first-order valence-corrected chi connectivity index (χ1v) is 5.91. The Hall–Kier alpha value is -1.14. The predicted molar refractivity (Wildman–Crippen MR) is 66.4 cm³/mol. The average molecular weight is 261 g/mol. The highest BCUT2D eigenvalue weighted by Crippen LogP contribution is 2.06. The van der Waals surface area contributed by atoms with Gasteiger partial charge in [0.05, 0.1) is 5.60 Å². The van der Waals surface area contributed by atoms with Crippen LogP contribution >= 0.6 is 0 Å². The summed E-state index contributed by atoms with van der Waals surface area (Å²) in [6.07, 6.45) is 0.915. The van der Waals surface area contributed by atoms with E-state index in [-0.39, 0.29) is 6.61 Å². The van der Waals surface area contributed by atoms with Gasteiger partial charge in [-0.05, 0) is 33.6 Å². The van der Waals surface area contributed by atoms with Crippen LogP contribution < -0.4 is 5.32 Å². The Morgan fingerprint density at radius 1 is 1.33 bits per heavy atom. The van der Waals surface area contributed by atoms with Crippen LogP contribution in [0.1, 0.15) is 33.6 Å². The molecule has 6 nitrogen and oxygen atoms in total. The maximum atomic E-state index is 11.5. The van der Waals surface area contributed by atoms with Gasteiger partial charge in [0, 0.05) is 13.7 Å². The van der Waals surface area contributed by atoms with Crippen LogP contribution in [0.25, 0.3) is 0 Å². The molecule has 0 saturated heterocycles. The number of hydrogen-bond acceptors (Lipinski definition) is 4. The number of amides is 1. The SMILES string of the molecule is COCCCC(NC(=O)COC(C)(C)C)C(=O)O. The molecule has 1 amide bonds. The Labute approximate surface area is 108 Å². The lowest BCUT2D eigenvalue weighted by Crippen LogP contribution is -2.43. The van der Waals surface area contributed by atoms with Crippen LogP contribution in [0.2, 0.25) is 0 Å². The average Bonchev–Trinajstić information content (AvgIpc) is 2.24. The molecule has 0 bridgehead atoms. The van der Waals surface area contributed by atoms with E-state index in [9.17, 15) is 9.59 Å². The molecule has 0 aromatic rings. The van der Waals surface area contributed by atoms with Gasteiger partial charge in [0.2, 0.25) is 5.91 Å². The number of aliphatic carboxylic acids is 1. The van der Waals surface area contributed by atoms with Gasteiger partial charge >= 0.3 is 5.97 Å². The first-order valence-electron chi connectivity index (χ1n) is 5.91. The fourth-order valence-corrected chi connectivity index (χ4v) is 1.21. The number of hydrogen-bond donors (Lipinski definition) is 2. The molecule has 2 N–H and O–H groups in total. The van der Waals surface area contributed by atoms with Gasteiger partial charge in [0.25, 0.3) is 0 Å². The highest BCUT2D eigenvalue weighted by atomic mass is 16.5. The van der Waals surface area contributed by atoms with Gasteiger partial charge in [-0.1, -0.05) is 0 Å². The van der Waals surface area contributed by atoms with Gasteiger partial charge in [-0.25, -0.2) is 4.79 Å². The van der Waals surface area contributed by atoms with Crippen LogP contribution in [0.15, 0.2) is 0 Å². The number of carbonyl (C=O) groups is 2. The van der Waals surface area contributed by atoms with E-state index in [4.69, 9.17) is 14.6 Å². The molecule has 6 heteroatoms. The van der Waals surface area contributed by atoms with Crippen LogP contribution in [0, 0.1) is 0 Å². The monoisotopic (exact) mass is 261 g/mol. The topological polar surface area (TPSA) is 84.9 Å². The molecule has 106 valence electrons. The third kappa shape index (κ3) is 8.95. The predicted octanol–water partition coefficient (Wildman–Crippen LogP) is 0.798. The van der Waals surface area contributed by atoms with Gasteiger partial charge in [-0.2, -0.15) is 0 Å². The second-order valence-corrected chi connectivity index (χ2v) is 4.99. The number of nitrogens with one attached hydrogen (secondary N) is 1. The second-order valence-electron chi connectivity index (χ2n) is 4.99. The van der Waals surface area contributed by atoms with Crippen molar-refractivity contribution in [3.8, 4) is 0 Å². The molecule has 0 aliphatic carbocycles. The van der Waals surface area contributed by atoms with Gasteiger partial charge < -0.3 is 19.9 Å². The number of rotatable bonds is 8. The summed E-state index contributed by atoms with van der Waals surface area (Å²) in [5.74, 6) is -1.47. The summed E-state index contributed by atoms with van der Waals surface area (Å²) >= 11 is 0. The first kappa shape index (κ1) is 16.9. The molecule has 1 unspecified atom stereocenters. The molecule has 0 aromatic carbocycles. The minimum atomic E-state index is -1.05. The minimum absolute atomic E-state index is 0.141. The summed E-state index contributed by atoms with van der Waals surface area (Å²) in [5.41, 5.74) is -0.424. The second kappa shape index (κ2) is 8.05. The van der Waals surface area contributed by atoms with Gasteiger partial charge in [-0.3, -0.25) is 4.79 Å². The number of carbonyl (C=O) groups excluding carboxylic acids is 1. The fourth-order valence-electron chi connectivity index (χ4n) is 1.21. The lowest BCUT2D eigenvalue weighted by atomic mass is 10.1. The number of carboxylic acid groups (broad SMARTS) is 1. The van der Waals surface area contributed by atoms with Crippen molar-refractivity contribution in [1.82, 2.24) is 5.32 Å². The van der Waals surface area contributed by atoms with Gasteiger partial charge in [0.1, 0.15) is 12.6 Å². The molecule has 0 spiro atoms. The summed E-state index contributed by atoms with van der Waals surface area (Å²) in [6.45, 7) is 5.81. The molecule has 0 aromatic heterocycles. The first-order chi connectivity index (χ1) is 8.26. The van der Waals surface area contributed by atoms with E-state index in [1.165, 1.54) is 0 Å². The van der Waals surface area contributed by atoms with E-state index in [1.54, 1.807) is 7.11 Å². The normalized spacial score (nSPS) is 13.1. The molecule has 0 rings (SSSR count). The Bertz CT molecular complexity index is 272. The van der Waals surface area contributed by atoms with Gasteiger partial charge in [-0.15, -0.1) is 0 Å². The molecule has 0 aliphatic rings. The van der Waals surface area contributed by atoms with Crippen LogP contribution in [0.5, 0.6) is 0 Å². The van der Waals surface area contributed by atoms with Gasteiger partial charge in [0.15, 0.2) is 0 Å². The maximum absolute atomic E-state index is 11.5. The highest BCUT2D eigenvalue weighted by molar-refractivity contribution is 5.84. The third-order valence-corrected chi connectivity index (χ3v) is 2.11. The van der Waals surface area contributed by atoms with E-state index in [0.29, 0.717) is 19.4 Å². The lowest BCUT2D eigenvalue weighted by molar-refractivity contribution is -0.143. The Morgan fingerprint density at radius 3 is 2.39 bits per heavy atom. The highest BCUT2D eigenvalue weighted by Gasteiger charge is 2.20. The number of methoxy groups -OCH3 is 1. The lowest BCUT2D eigenvalue weighted by Gasteiger charge is -2.20. The third-order valence-electron chi connectivity index (χ3n) is 2.11. The summed E-state index contributed by atoms with van der Waals surface area (Å²) in [6, 6.07) is -0.892. The Morgan fingerprint density at radius 2 is 1.94 bits per heavy atom. The molecule has 18 heavy (non-hydrogen) atoms. The maximum Gasteiger partial charge on any atom is 0.326 e. The van der Waals surface area contributed by atoms with E-state index in [2.05, 4.69) is 5.32 Å². The molecule has 1 atom stereocenters. The van der Waals surface area contributed by atoms with Crippen molar-refractivity contribution in [3.63, 3.8) is 0 Å². The molecule has 0 aliphatic heterocycles. The fraction of sp³-hybridized carbons (Fsp3) is 0.833. The zero-order chi connectivity index (χ0) is 14.2. The molecular weight excluding hydrogens is 238 g/mol. The van der Waals surface area contributed by atoms with Crippen LogP contribution in [-0.4, -0.2) is 48.9 Å². The van der Waals surface area contributed by atoms with Crippen molar-refractivity contribution < 1.29 is 24.2 Å². The van der Waals surface area contributed by atoms with E-state index in [0.717, 1.165) is 0 Å². The summed E-state index contributed by atoms with van der Waals surface area (Å²) < 4.78 is 10.1. The number of carboxylic acids is 1. The van der Waals surface area contributed by atoms with Crippen LogP contribution in [-0.2, 0) is 19.1 Å². The van der Waals surface area contributed by atoms with Crippen LogP contribution in [0.3, 0.4) is 0 Å². The molecular formula is C12H23NO5. The van der Waals surface area contributed by atoms with Crippen molar-refractivity contribution in [2.75, 3.05) is 20.3 Å². The van der Waals surface area contributed by atoms with Crippen molar-refractivity contribution >= 4 is 11.9 Å². The largest absolute Gasteiger partial charge is 0.480 e. The molecule has 0 heterocycles. The minimum Gasteiger partial charge on any atom is -0.480 e. The van der Waals surface area contributed by atoms with Crippen molar-refractivity contribution in [1.29, 1.82) is 0 Å². The molecule has 0 saturated carbocycles. The van der Waals surface area contributed by atoms with Crippen molar-refractivity contribution in [2.45, 2.75) is 45.3 Å².